The van der Waals surface area contributed by atoms with Crippen molar-refractivity contribution in [1.82, 2.24) is 5.32 Å². The number of nitrogens with one attached hydrogen (secondary N) is 1. The van der Waals surface area contributed by atoms with Crippen LogP contribution in [0, 0.1) is 11.7 Å². The van der Waals surface area contributed by atoms with E-state index in [4.69, 9.17) is 0 Å². The molecule has 2 fully saturated rings. The molecule has 1 aromatic rings. The first-order chi connectivity index (χ1) is 9.72. The van der Waals surface area contributed by atoms with E-state index < -0.39 is 0 Å². The van der Waals surface area contributed by atoms with E-state index in [0.29, 0.717) is 18.0 Å². The Morgan fingerprint density at radius 2 is 1.90 bits per heavy atom. The molecular formula is C18H26FN. The molecule has 0 bridgehead atoms. The zero-order valence-corrected chi connectivity index (χ0v) is 12.4. The van der Waals surface area contributed by atoms with Gasteiger partial charge in [-0.2, -0.15) is 0 Å². The lowest BCUT2D eigenvalue weighted by Gasteiger charge is -2.40. The average Bonchev–Trinajstić information content (AvgIpc) is 2.43. The molecule has 1 nitrogen and oxygen atoms in total. The second kappa shape index (κ2) is 6.26. The van der Waals surface area contributed by atoms with Gasteiger partial charge in [-0.1, -0.05) is 31.4 Å². The van der Waals surface area contributed by atoms with Crippen molar-refractivity contribution in [2.75, 3.05) is 0 Å². The Balaban J connectivity index is 1.46. The van der Waals surface area contributed by atoms with Gasteiger partial charge in [0.25, 0.3) is 0 Å². The van der Waals surface area contributed by atoms with Gasteiger partial charge in [-0.25, -0.2) is 4.39 Å². The number of hydrogen-bond donors (Lipinski definition) is 1. The fourth-order valence-electron chi connectivity index (χ4n) is 3.93. The third-order valence-corrected chi connectivity index (χ3v) is 5.31. The van der Waals surface area contributed by atoms with Crippen molar-refractivity contribution in [1.29, 1.82) is 0 Å². The molecule has 20 heavy (non-hydrogen) atoms. The van der Waals surface area contributed by atoms with Gasteiger partial charge in [-0.3, -0.25) is 0 Å². The summed E-state index contributed by atoms with van der Waals surface area (Å²) < 4.78 is 13.2. The van der Waals surface area contributed by atoms with Crippen molar-refractivity contribution >= 4 is 0 Å². The molecule has 2 heteroatoms. The van der Waals surface area contributed by atoms with Gasteiger partial charge in [0.15, 0.2) is 0 Å². The van der Waals surface area contributed by atoms with E-state index in [9.17, 15) is 4.39 Å². The van der Waals surface area contributed by atoms with Crippen molar-refractivity contribution in [3.8, 4) is 0 Å². The Hall–Kier alpha value is -0.890. The summed E-state index contributed by atoms with van der Waals surface area (Å²) in [6.45, 7) is 2.35. The Bertz CT molecular complexity index is 433. The Labute approximate surface area is 122 Å². The van der Waals surface area contributed by atoms with Crippen LogP contribution in [0.15, 0.2) is 24.3 Å². The van der Waals surface area contributed by atoms with Gasteiger partial charge in [0, 0.05) is 12.1 Å². The van der Waals surface area contributed by atoms with Crippen molar-refractivity contribution in [2.45, 2.75) is 69.9 Å². The summed E-state index contributed by atoms with van der Waals surface area (Å²) >= 11 is 0. The summed E-state index contributed by atoms with van der Waals surface area (Å²) in [5, 5.41) is 3.81. The van der Waals surface area contributed by atoms with E-state index in [2.05, 4.69) is 18.3 Å². The molecule has 2 saturated carbocycles. The first kappa shape index (κ1) is 14.1. The van der Waals surface area contributed by atoms with Crippen LogP contribution in [-0.4, -0.2) is 12.1 Å². The molecular weight excluding hydrogens is 249 g/mol. The molecule has 0 heterocycles. The predicted molar refractivity (Wildman–Crippen MR) is 81.3 cm³/mol. The van der Waals surface area contributed by atoms with E-state index in [1.54, 1.807) is 6.07 Å². The van der Waals surface area contributed by atoms with E-state index in [0.717, 1.165) is 5.92 Å². The van der Waals surface area contributed by atoms with Crippen LogP contribution in [0.4, 0.5) is 4.39 Å². The van der Waals surface area contributed by atoms with Crippen LogP contribution in [-0.2, 0) is 0 Å². The Morgan fingerprint density at radius 1 is 1.15 bits per heavy atom. The molecule has 1 N–H and O–H groups in total. The minimum atomic E-state index is -0.102. The number of hydrogen-bond acceptors (Lipinski definition) is 1. The smallest absolute Gasteiger partial charge is 0.123 e. The molecule has 0 aromatic heterocycles. The zero-order chi connectivity index (χ0) is 13.9. The predicted octanol–water partition coefficient (Wildman–Crippen LogP) is 4.63. The monoisotopic (exact) mass is 275 g/mol. The van der Waals surface area contributed by atoms with Crippen LogP contribution in [0.25, 0.3) is 0 Å². The lowest BCUT2D eigenvalue weighted by molar-refractivity contribution is 0.210. The summed E-state index contributed by atoms with van der Waals surface area (Å²) in [7, 11) is 0. The standard InChI is InChI=1S/C18H26FN/c1-13(14-6-3-2-4-7-14)20-18-11-16(12-18)15-8-5-9-17(19)10-15/h5,8-10,13-14,16,18,20H,2-4,6-7,11-12H2,1H3/t13-,16?,18?/m0/s1. The van der Waals surface area contributed by atoms with E-state index in [1.165, 1.54) is 56.6 Å². The molecule has 2 aliphatic carbocycles. The fourth-order valence-corrected chi connectivity index (χ4v) is 3.93. The van der Waals surface area contributed by atoms with E-state index in [-0.39, 0.29) is 5.82 Å². The first-order valence-electron chi connectivity index (χ1n) is 8.24. The fraction of sp³-hybridized carbons (Fsp3) is 0.667. The second-order valence-electron chi connectivity index (χ2n) is 6.77. The van der Waals surface area contributed by atoms with Crippen LogP contribution >= 0.6 is 0 Å². The highest BCUT2D eigenvalue weighted by Crippen LogP contribution is 2.38. The SMILES string of the molecule is C[C@H](NC1CC(c2cccc(F)c2)C1)C1CCCCC1. The number of rotatable bonds is 4. The summed E-state index contributed by atoms with van der Waals surface area (Å²) in [5.74, 6) is 1.33. The third kappa shape index (κ3) is 3.22. The first-order valence-corrected chi connectivity index (χ1v) is 8.24. The van der Waals surface area contributed by atoms with Gasteiger partial charge in [0.05, 0.1) is 0 Å². The van der Waals surface area contributed by atoms with Crippen LogP contribution in [0.1, 0.15) is 63.4 Å². The van der Waals surface area contributed by atoms with Crippen molar-refractivity contribution in [3.63, 3.8) is 0 Å². The van der Waals surface area contributed by atoms with Gasteiger partial charge in [-0.05, 0) is 62.1 Å². The molecule has 0 radical (unpaired) electrons. The third-order valence-electron chi connectivity index (χ3n) is 5.31. The van der Waals surface area contributed by atoms with Crippen LogP contribution in [0.2, 0.25) is 0 Å². The zero-order valence-electron chi connectivity index (χ0n) is 12.4. The molecule has 0 saturated heterocycles. The van der Waals surface area contributed by atoms with Gasteiger partial charge < -0.3 is 5.32 Å². The van der Waals surface area contributed by atoms with E-state index >= 15 is 0 Å². The average molecular weight is 275 g/mol. The highest BCUT2D eigenvalue weighted by Gasteiger charge is 2.32. The molecule has 0 aliphatic heterocycles. The van der Waals surface area contributed by atoms with Gasteiger partial charge >= 0.3 is 0 Å². The second-order valence-corrected chi connectivity index (χ2v) is 6.77. The minimum Gasteiger partial charge on any atom is -0.311 e. The summed E-state index contributed by atoms with van der Waals surface area (Å²) in [4.78, 5) is 0. The number of benzene rings is 1. The van der Waals surface area contributed by atoms with Crippen LogP contribution < -0.4 is 5.32 Å². The lowest BCUT2D eigenvalue weighted by Crippen LogP contribution is -2.47. The van der Waals surface area contributed by atoms with Gasteiger partial charge in [0.2, 0.25) is 0 Å². The molecule has 3 rings (SSSR count). The number of halogens is 1. The maximum absolute atomic E-state index is 13.2. The molecule has 1 atom stereocenters. The molecule has 110 valence electrons. The van der Waals surface area contributed by atoms with Crippen molar-refractivity contribution < 1.29 is 4.39 Å². The minimum absolute atomic E-state index is 0.102. The summed E-state index contributed by atoms with van der Waals surface area (Å²) in [5.41, 5.74) is 1.17. The van der Waals surface area contributed by atoms with Crippen LogP contribution in [0.3, 0.4) is 0 Å². The molecule has 0 unspecified atom stereocenters. The highest BCUT2D eigenvalue weighted by molar-refractivity contribution is 5.23. The highest BCUT2D eigenvalue weighted by atomic mass is 19.1. The molecule has 0 spiro atoms. The van der Waals surface area contributed by atoms with E-state index in [1.807, 2.05) is 6.07 Å². The summed E-state index contributed by atoms with van der Waals surface area (Å²) in [6, 6.07) is 8.41. The Morgan fingerprint density at radius 3 is 2.60 bits per heavy atom. The van der Waals surface area contributed by atoms with Crippen molar-refractivity contribution in [2.24, 2.45) is 5.92 Å². The van der Waals surface area contributed by atoms with Crippen molar-refractivity contribution in [3.05, 3.63) is 35.6 Å². The largest absolute Gasteiger partial charge is 0.311 e. The maximum atomic E-state index is 13.2. The quantitative estimate of drug-likeness (QED) is 0.844. The summed E-state index contributed by atoms with van der Waals surface area (Å²) in [6.07, 6.45) is 9.37. The van der Waals surface area contributed by atoms with Gasteiger partial charge in [0.1, 0.15) is 5.82 Å². The Kier molecular flexibility index (Phi) is 4.40. The molecule has 1 aromatic carbocycles. The van der Waals surface area contributed by atoms with Gasteiger partial charge in [-0.15, -0.1) is 0 Å². The van der Waals surface area contributed by atoms with Crippen LogP contribution in [0.5, 0.6) is 0 Å². The topological polar surface area (TPSA) is 12.0 Å². The lowest BCUT2D eigenvalue weighted by atomic mass is 9.75. The molecule has 0 amide bonds. The normalized spacial score (nSPS) is 28.9. The molecule has 2 aliphatic rings. The maximum Gasteiger partial charge on any atom is 0.123 e.